The Bertz CT molecular complexity index is 1460. The smallest absolute Gasteiger partial charge is 0.238 e. The molecule has 1 aliphatic carbocycles. The van der Waals surface area contributed by atoms with Crippen molar-refractivity contribution in [2.75, 3.05) is 19.5 Å². The number of hydrogen-bond acceptors (Lipinski definition) is 6. The number of amides is 1. The quantitative estimate of drug-likeness (QED) is 0.296. The lowest BCUT2D eigenvalue weighted by atomic mass is 9.94. The van der Waals surface area contributed by atoms with Crippen molar-refractivity contribution in [3.05, 3.63) is 84.3 Å². The molecule has 1 aromatic heterocycles. The van der Waals surface area contributed by atoms with Crippen molar-refractivity contribution < 1.29 is 28.2 Å². The molecule has 3 aromatic carbocycles. The molecule has 1 heterocycles. The predicted octanol–water partition coefficient (Wildman–Crippen LogP) is 5.71. The standard InChI is InChI=1S/C29H25FN2O5/c1-35-25-16-22-23(17-26(25)36-2)31-14-11-24(22)37-21-9-7-20(8-10-21)32-28(34)29(12-13-29)27(33)15-18-3-5-19(30)6-4-18/h3-11,14,16-17H,12-13,15H2,1-2H3,(H,32,34). The van der Waals surface area contributed by atoms with Crippen molar-refractivity contribution in [2.24, 2.45) is 5.41 Å². The zero-order chi connectivity index (χ0) is 26.0. The lowest BCUT2D eigenvalue weighted by molar-refractivity contribution is -0.132. The van der Waals surface area contributed by atoms with Crippen LogP contribution in [0.25, 0.3) is 10.9 Å². The van der Waals surface area contributed by atoms with Gasteiger partial charge in [0, 0.05) is 29.8 Å². The Morgan fingerprint density at radius 1 is 0.919 bits per heavy atom. The lowest BCUT2D eigenvalue weighted by Gasteiger charge is -2.15. The minimum Gasteiger partial charge on any atom is -0.493 e. The summed E-state index contributed by atoms with van der Waals surface area (Å²) in [5.41, 5.74) is 0.912. The number of nitrogens with zero attached hydrogens (tertiary/aromatic N) is 1. The number of carbonyl (C=O) groups is 2. The molecular weight excluding hydrogens is 475 g/mol. The molecule has 1 aliphatic rings. The maximum Gasteiger partial charge on any atom is 0.238 e. The number of methoxy groups -OCH3 is 2. The minimum absolute atomic E-state index is 0.0943. The van der Waals surface area contributed by atoms with E-state index in [2.05, 4.69) is 10.3 Å². The number of pyridine rings is 1. The van der Waals surface area contributed by atoms with Gasteiger partial charge in [-0.1, -0.05) is 12.1 Å². The fourth-order valence-corrected chi connectivity index (χ4v) is 4.23. The summed E-state index contributed by atoms with van der Waals surface area (Å²) < 4.78 is 30.0. The van der Waals surface area contributed by atoms with Gasteiger partial charge in [0.15, 0.2) is 17.3 Å². The molecule has 1 amide bonds. The third-order valence-electron chi connectivity index (χ3n) is 6.54. The van der Waals surface area contributed by atoms with Crippen molar-refractivity contribution in [3.63, 3.8) is 0 Å². The highest BCUT2D eigenvalue weighted by molar-refractivity contribution is 6.14. The molecule has 1 N–H and O–H groups in total. The fraction of sp³-hybridized carbons (Fsp3) is 0.207. The number of benzene rings is 3. The molecule has 0 spiro atoms. The third kappa shape index (κ3) is 4.95. The zero-order valence-electron chi connectivity index (χ0n) is 20.4. The van der Waals surface area contributed by atoms with E-state index in [-0.39, 0.29) is 23.9 Å². The second-order valence-electron chi connectivity index (χ2n) is 8.92. The zero-order valence-corrected chi connectivity index (χ0v) is 20.4. The summed E-state index contributed by atoms with van der Waals surface area (Å²) in [4.78, 5) is 30.2. The fourth-order valence-electron chi connectivity index (χ4n) is 4.23. The molecule has 5 rings (SSSR count). The van der Waals surface area contributed by atoms with Crippen LogP contribution < -0.4 is 19.5 Å². The van der Waals surface area contributed by atoms with Gasteiger partial charge in [0.1, 0.15) is 22.7 Å². The van der Waals surface area contributed by atoms with E-state index < -0.39 is 5.41 Å². The summed E-state index contributed by atoms with van der Waals surface area (Å²) in [6, 6.07) is 18.0. The number of fused-ring (bicyclic) bond motifs is 1. The van der Waals surface area contributed by atoms with E-state index in [1.165, 1.54) is 12.1 Å². The van der Waals surface area contributed by atoms with Gasteiger partial charge in [-0.05, 0) is 66.9 Å². The first kappa shape index (κ1) is 24.2. The van der Waals surface area contributed by atoms with E-state index in [0.717, 1.165) is 5.39 Å². The Balaban J connectivity index is 1.27. The Kier molecular flexibility index (Phi) is 6.48. The van der Waals surface area contributed by atoms with Gasteiger partial charge < -0.3 is 19.5 Å². The number of halogens is 1. The number of nitrogens with one attached hydrogen (secondary N) is 1. The second kappa shape index (κ2) is 9.89. The topological polar surface area (TPSA) is 86.8 Å². The first-order valence-electron chi connectivity index (χ1n) is 11.8. The normalized spacial score (nSPS) is 13.6. The summed E-state index contributed by atoms with van der Waals surface area (Å²) in [6.07, 6.45) is 2.75. The number of carbonyl (C=O) groups excluding carboxylic acids is 2. The highest BCUT2D eigenvalue weighted by Gasteiger charge is 2.55. The molecule has 0 radical (unpaired) electrons. The Labute approximate surface area is 213 Å². The van der Waals surface area contributed by atoms with Gasteiger partial charge in [-0.2, -0.15) is 0 Å². The molecule has 0 bridgehead atoms. The van der Waals surface area contributed by atoms with E-state index in [1.54, 1.807) is 68.9 Å². The molecule has 0 unspecified atom stereocenters. The number of ether oxygens (including phenoxy) is 3. The minimum atomic E-state index is -1.03. The Hall–Kier alpha value is -4.46. The summed E-state index contributed by atoms with van der Waals surface area (Å²) in [5, 5.41) is 3.61. The molecule has 1 fully saturated rings. The van der Waals surface area contributed by atoms with Crippen LogP contribution in [0.4, 0.5) is 10.1 Å². The molecule has 8 heteroatoms. The van der Waals surface area contributed by atoms with E-state index in [4.69, 9.17) is 14.2 Å². The molecule has 37 heavy (non-hydrogen) atoms. The van der Waals surface area contributed by atoms with Crippen LogP contribution in [0.5, 0.6) is 23.0 Å². The largest absolute Gasteiger partial charge is 0.493 e. The van der Waals surface area contributed by atoms with Gasteiger partial charge in [-0.25, -0.2) is 4.39 Å². The van der Waals surface area contributed by atoms with Crippen LogP contribution in [-0.4, -0.2) is 30.9 Å². The lowest BCUT2D eigenvalue weighted by Crippen LogP contribution is -2.32. The molecule has 0 atom stereocenters. The third-order valence-corrected chi connectivity index (χ3v) is 6.54. The summed E-state index contributed by atoms with van der Waals surface area (Å²) in [6.45, 7) is 0. The van der Waals surface area contributed by atoms with Crippen LogP contribution in [0, 0.1) is 11.2 Å². The predicted molar refractivity (Wildman–Crippen MR) is 137 cm³/mol. The van der Waals surface area contributed by atoms with Crippen LogP contribution in [0.2, 0.25) is 0 Å². The van der Waals surface area contributed by atoms with Crippen LogP contribution in [0.15, 0.2) is 72.9 Å². The first-order valence-corrected chi connectivity index (χ1v) is 11.8. The van der Waals surface area contributed by atoms with Crippen LogP contribution in [-0.2, 0) is 16.0 Å². The van der Waals surface area contributed by atoms with Crippen molar-refractivity contribution in [3.8, 4) is 23.0 Å². The van der Waals surface area contributed by atoms with Gasteiger partial charge in [0.2, 0.25) is 5.91 Å². The van der Waals surface area contributed by atoms with E-state index in [0.29, 0.717) is 52.6 Å². The first-order chi connectivity index (χ1) is 17.9. The molecular formula is C29H25FN2O5. The number of rotatable bonds is 9. The van der Waals surface area contributed by atoms with Crippen LogP contribution >= 0.6 is 0 Å². The number of Topliss-reactive ketones (excluding diaryl/α,β-unsaturated/α-hetero) is 1. The second-order valence-corrected chi connectivity index (χ2v) is 8.92. The highest BCUT2D eigenvalue weighted by atomic mass is 19.1. The monoisotopic (exact) mass is 500 g/mol. The maximum atomic E-state index is 13.1. The number of hydrogen-bond donors (Lipinski definition) is 1. The molecule has 7 nitrogen and oxygen atoms in total. The van der Waals surface area contributed by atoms with Crippen LogP contribution in [0.1, 0.15) is 18.4 Å². The van der Waals surface area contributed by atoms with Gasteiger partial charge in [0.05, 0.1) is 19.7 Å². The molecule has 0 saturated heterocycles. The van der Waals surface area contributed by atoms with E-state index in [9.17, 15) is 14.0 Å². The van der Waals surface area contributed by atoms with E-state index in [1.807, 2.05) is 6.07 Å². The Morgan fingerprint density at radius 2 is 1.59 bits per heavy atom. The number of aromatic nitrogens is 1. The van der Waals surface area contributed by atoms with Crippen molar-refractivity contribution in [1.29, 1.82) is 0 Å². The summed E-state index contributed by atoms with van der Waals surface area (Å²) in [5.74, 6) is 1.44. The van der Waals surface area contributed by atoms with Gasteiger partial charge in [-0.15, -0.1) is 0 Å². The molecule has 188 valence electrons. The SMILES string of the molecule is COc1cc2nccc(Oc3ccc(NC(=O)C4(C(=O)Cc5ccc(F)cc5)CC4)cc3)c2cc1OC. The average Bonchev–Trinajstić information content (AvgIpc) is 3.73. The maximum absolute atomic E-state index is 13.1. The Morgan fingerprint density at radius 3 is 2.24 bits per heavy atom. The summed E-state index contributed by atoms with van der Waals surface area (Å²) in [7, 11) is 3.13. The molecule has 4 aromatic rings. The van der Waals surface area contributed by atoms with Crippen LogP contribution in [0.3, 0.4) is 0 Å². The van der Waals surface area contributed by atoms with Gasteiger partial charge in [0.25, 0.3) is 0 Å². The molecule has 0 aliphatic heterocycles. The van der Waals surface area contributed by atoms with Gasteiger partial charge in [-0.3, -0.25) is 14.6 Å². The van der Waals surface area contributed by atoms with Crippen molar-refractivity contribution >= 4 is 28.3 Å². The summed E-state index contributed by atoms with van der Waals surface area (Å²) >= 11 is 0. The van der Waals surface area contributed by atoms with E-state index >= 15 is 0 Å². The van der Waals surface area contributed by atoms with Crippen molar-refractivity contribution in [1.82, 2.24) is 4.98 Å². The number of ketones is 1. The van der Waals surface area contributed by atoms with Gasteiger partial charge >= 0.3 is 0 Å². The number of anilines is 1. The molecule has 1 saturated carbocycles. The highest BCUT2D eigenvalue weighted by Crippen LogP contribution is 2.48. The average molecular weight is 501 g/mol. The van der Waals surface area contributed by atoms with Crippen molar-refractivity contribution in [2.45, 2.75) is 19.3 Å².